The third kappa shape index (κ3) is 5.67. The number of ether oxygens (including phenoxy) is 1. The molecule has 0 saturated carbocycles. The molecule has 0 aliphatic carbocycles. The Bertz CT molecular complexity index is 692. The summed E-state index contributed by atoms with van der Waals surface area (Å²) in [4.78, 5) is 23.9. The van der Waals surface area contributed by atoms with E-state index in [1.807, 2.05) is 0 Å². The molecule has 0 bridgehead atoms. The summed E-state index contributed by atoms with van der Waals surface area (Å²) in [6.45, 7) is 4.59. The summed E-state index contributed by atoms with van der Waals surface area (Å²) in [6, 6.07) is 8.47. The fraction of sp³-hybridized carbons (Fsp3) is 0.368. The van der Waals surface area contributed by atoms with Crippen molar-refractivity contribution < 1.29 is 18.7 Å². The molecule has 6 heteroatoms. The van der Waals surface area contributed by atoms with Crippen molar-refractivity contribution >= 4 is 11.8 Å². The smallest absolute Gasteiger partial charge is 0.305 e. The van der Waals surface area contributed by atoms with Crippen LogP contribution in [0.2, 0.25) is 0 Å². The number of aryl methyl sites for hydroxylation is 1. The number of rotatable bonds is 8. The van der Waals surface area contributed by atoms with Crippen LogP contribution in [0.3, 0.4) is 0 Å². The fourth-order valence-electron chi connectivity index (χ4n) is 2.27. The van der Waals surface area contributed by atoms with E-state index in [0.29, 0.717) is 17.7 Å². The van der Waals surface area contributed by atoms with Crippen molar-refractivity contribution in [1.29, 1.82) is 0 Å². The van der Waals surface area contributed by atoms with Crippen LogP contribution in [0.5, 0.6) is 5.75 Å². The molecule has 2 N–H and O–H groups in total. The molecule has 0 spiro atoms. The first-order valence-electron chi connectivity index (χ1n) is 8.49. The van der Waals surface area contributed by atoms with E-state index in [1.54, 1.807) is 37.3 Å². The quantitative estimate of drug-likeness (QED) is 0.566. The first kappa shape index (κ1) is 18.6. The molecule has 2 rings (SSSR count). The van der Waals surface area contributed by atoms with Crippen LogP contribution in [0.1, 0.15) is 59.1 Å². The minimum absolute atomic E-state index is 0.173. The zero-order valence-electron chi connectivity index (χ0n) is 14.6. The zero-order chi connectivity index (χ0) is 18.1. The third-order valence-electron chi connectivity index (χ3n) is 3.74. The van der Waals surface area contributed by atoms with Gasteiger partial charge in [0.2, 0.25) is 0 Å². The Morgan fingerprint density at radius 1 is 1.00 bits per heavy atom. The molecule has 2 aromatic rings. The molecule has 0 radical (unpaired) electrons. The molecular formula is C19H24N2O4. The van der Waals surface area contributed by atoms with Gasteiger partial charge in [-0.2, -0.15) is 0 Å². The van der Waals surface area contributed by atoms with Crippen LogP contribution in [-0.2, 0) is 0 Å². The lowest BCUT2D eigenvalue weighted by Gasteiger charge is -2.08. The minimum atomic E-state index is -0.497. The van der Waals surface area contributed by atoms with E-state index >= 15 is 0 Å². The number of carbonyl (C=O) groups is 2. The summed E-state index contributed by atoms with van der Waals surface area (Å²) in [6.07, 6.45) is 6.01. The number of hydrogen-bond donors (Lipinski definition) is 2. The predicted octanol–water partition coefficient (Wildman–Crippen LogP) is 3.62. The lowest BCUT2D eigenvalue weighted by atomic mass is 10.2. The molecule has 2 amide bonds. The fourth-order valence-corrected chi connectivity index (χ4v) is 2.27. The summed E-state index contributed by atoms with van der Waals surface area (Å²) >= 11 is 0. The van der Waals surface area contributed by atoms with Crippen LogP contribution in [0, 0.1) is 6.92 Å². The highest BCUT2D eigenvalue weighted by Crippen LogP contribution is 2.13. The molecular weight excluding hydrogens is 320 g/mol. The van der Waals surface area contributed by atoms with Gasteiger partial charge in [0, 0.05) is 11.1 Å². The molecule has 0 aliphatic heterocycles. The van der Waals surface area contributed by atoms with E-state index in [-0.39, 0.29) is 5.76 Å². The zero-order valence-corrected chi connectivity index (χ0v) is 14.6. The molecule has 1 heterocycles. The number of furan rings is 1. The van der Waals surface area contributed by atoms with Crippen molar-refractivity contribution in [2.24, 2.45) is 0 Å². The highest BCUT2D eigenvalue weighted by atomic mass is 16.5. The van der Waals surface area contributed by atoms with Gasteiger partial charge < -0.3 is 9.15 Å². The van der Waals surface area contributed by atoms with Gasteiger partial charge in [-0.3, -0.25) is 20.4 Å². The number of carbonyl (C=O) groups excluding carboxylic acids is 2. The molecule has 0 unspecified atom stereocenters. The van der Waals surface area contributed by atoms with Crippen molar-refractivity contribution in [2.75, 3.05) is 6.61 Å². The van der Waals surface area contributed by atoms with Gasteiger partial charge in [0.05, 0.1) is 12.9 Å². The minimum Gasteiger partial charge on any atom is -0.494 e. The van der Waals surface area contributed by atoms with Gasteiger partial charge in [-0.1, -0.05) is 26.2 Å². The Morgan fingerprint density at radius 2 is 1.72 bits per heavy atom. The normalized spacial score (nSPS) is 10.3. The second kappa shape index (κ2) is 9.52. The van der Waals surface area contributed by atoms with Crippen molar-refractivity contribution in [2.45, 2.75) is 39.5 Å². The lowest BCUT2D eigenvalue weighted by Crippen LogP contribution is -2.41. The van der Waals surface area contributed by atoms with Crippen molar-refractivity contribution in [1.82, 2.24) is 10.9 Å². The molecule has 6 nitrogen and oxygen atoms in total. The van der Waals surface area contributed by atoms with Gasteiger partial charge >= 0.3 is 5.91 Å². The predicted molar refractivity (Wildman–Crippen MR) is 94.5 cm³/mol. The number of benzene rings is 1. The maximum atomic E-state index is 12.0. The van der Waals surface area contributed by atoms with Crippen LogP contribution in [0.15, 0.2) is 41.0 Å². The molecule has 1 aromatic heterocycles. The molecule has 0 aliphatic rings. The van der Waals surface area contributed by atoms with Gasteiger partial charge in [-0.15, -0.1) is 0 Å². The largest absolute Gasteiger partial charge is 0.494 e. The lowest BCUT2D eigenvalue weighted by molar-refractivity contribution is 0.0830. The summed E-state index contributed by atoms with van der Waals surface area (Å²) in [5.74, 6) is -0.00893. The molecule has 25 heavy (non-hydrogen) atoms. The Labute approximate surface area is 147 Å². The maximum absolute atomic E-state index is 12.0. The van der Waals surface area contributed by atoms with E-state index in [0.717, 1.165) is 18.6 Å². The first-order valence-corrected chi connectivity index (χ1v) is 8.49. The third-order valence-corrected chi connectivity index (χ3v) is 3.74. The Kier molecular flexibility index (Phi) is 7.07. The number of nitrogens with one attached hydrogen (secondary N) is 2. The van der Waals surface area contributed by atoms with Crippen molar-refractivity contribution in [3.8, 4) is 5.75 Å². The van der Waals surface area contributed by atoms with E-state index in [9.17, 15) is 9.59 Å². The highest BCUT2D eigenvalue weighted by molar-refractivity contribution is 5.98. The molecule has 134 valence electrons. The van der Waals surface area contributed by atoms with Crippen LogP contribution < -0.4 is 15.6 Å². The first-order chi connectivity index (χ1) is 12.1. The Balaban J connectivity index is 1.78. The summed E-state index contributed by atoms with van der Waals surface area (Å²) in [7, 11) is 0. The SMILES string of the molecule is CCCCCCOc1ccc(C(=O)NNC(=O)c2occc2C)cc1. The van der Waals surface area contributed by atoms with Gasteiger partial charge in [-0.25, -0.2) is 0 Å². The maximum Gasteiger partial charge on any atom is 0.305 e. The summed E-state index contributed by atoms with van der Waals surface area (Å²) in [5.41, 5.74) is 5.82. The number of amides is 2. The number of hydrogen-bond acceptors (Lipinski definition) is 4. The van der Waals surface area contributed by atoms with Crippen LogP contribution in [0.4, 0.5) is 0 Å². The molecule has 0 fully saturated rings. The number of hydrazine groups is 1. The topological polar surface area (TPSA) is 80.6 Å². The molecule has 1 aromatic carbocycles. The van der Waals surface area contributed by atoms with Crippen molar-refractivity contribution in [3.63, 3.8) is 0 Å². The van der Waals surface area contributed by atoms with E-state index in [2.05, 4.69) is 17.8 Å². The standard InChI is InChI=1S/C19H24N2O4/c1-3-4-5-6-12-24-16-9-7-15(8-10-16)18(22)20-21-19(23)17-14(2)11-13-25-17/h7-11,13H,3-6,12H2,1-2H3,(H,20,22)(H,21,23). The van der Waals surface area contributed by atoms with E-state index < -0.39 is 11.8 Å². The monoisotopic (exact) mass is 344 g/mol. The van der Waals surface area contributed by atoms with Crippen LogP contribution >= 0.6 is 0 Å². The highest BCUT2D eigenvalue weighted by Gasteiger charge is 2.14. The van der Waals surface area contributed by atoms with E-state index in [4.69, 9.17) is 9.15 Å². The second-order valence-corrected chi connectivity index (χ2v) is 5.77. The van der Waals surface area contributed by atoms with Gasteiger partial charge in [0.25, 0.3) is 5.91 Å². The van der Waals surface area contributed by atoms with Gasteiger partial charge in [-0.05, 0) is 43.7 Å². The van der Waals surface area contributed by atoms with Crippen LogP contribution in [0.25, 0.3) is 0 Å². The van der Waals surface area contributed by atoms with Crippen LogP contribution in [-0.4, -0.2) is 18.4 Å². The molecule has 0 saturated heterocycles. The average molecular weight is 344 g/mol. The van der Waals surface area contributed by atoms with Gasteiger partial charge in [0.15, 0.2) is 5.76 Å². The Morgan fingerprint density at radius 3 is 2.36 bits per heavy atom. The van der Waals surface area contributed by atoms with Gasteiger partial charge in [0.1, 0.15) is 5.75 Å². The molecule has 0 atom stereocenters. The summed E-state index contributed by atoms with van der Waals surface area (Å²) in [5, 5.41) is 0. The van der Waals surface area contributed by atoms with Crippen molar-refractivity contribution in [3.05, 3.63) is 53.5 Å². The average Bonchev–Trinajstić information content (AvgIpc) is 3.06. The van der Waals surface area contributed by atoms with E-state index in [1.165, 1.54) is 19.1 Å². The Hall–Kier alpha value is -2.76. The second-order valence-electron chi connectivity index (χ2n) is 5.77. The summed E-state index contributed by atoms with van der Waals surface area (Å²) < 4.78 is 10.7. The number of unbranched alkanes of at least 4 members (excludes halogenated alkanes) is 3.